The molecule has 0 spiro atoms. The lowest BCUT2D eigenvalue weighted by Gasteiger charge is -2.14. The van der Waals surface area contributed by atoms with E-state index in [1.165, 1.54) is 5.56 Å². The van der Waals surface area contributed by atoms with Crippen molar-refractivity contribution < 1.29 is 4.79 Å². The topological polar surface area (TPSA) is 66.9 Å². The number of aromatic nitrogens is 2. The predicted octanol–water partition coefficient (Wildman–Crippen LogP) is 4.64. The zero-order valence-corrected chi connectivity index (χ0v) is 16.8. The Labute approximate surface area is 166 Å². The number of hydrogen-bond acceptors (Lipinski definition) is 4. The van der Waals surface area contributed by atoms with E-state index in [0.717, 1.165) is 34.5 Å². The van der Waals surface area contributed by atoms with Crippen LogP contribution >= 0.6 is 0 Å². The lowest BCUT2D eigenvalue weighted by molar-refractivity contribution is 0.0945. The Morgan fingerprint density at radius 2 is 1.64 bits per heavy atom. The van der Waals surface area contributed by atoms with Crippen LogP contribution in [0.15, 0.2) is 48.5 Å². The zero-order chi connectivity index (χ0) is 20.1. The number of aryl methyl sites for hydroxylation is 4. The molecule has 1 amide bonds. The standard InChI is InChI=1S/C23H26N4O/c1-5-18-12-8-10-16(3)21(18)27-23-25-17(4)13-20(26-23)22(28)24-14-19-11-7-6-9-15(19)2/h6-13H,5,14H2,1-4H3,(H,24,28)(H,25,26,27). The Bertz CT molecular complexity index is 998. The van der Waals surface area contributed by atoms with E-state index in [9.17, 15) is 4.79 Å². The molecule has 2 aromatic carbocycles. The van der Waals surface area contributed by atoms with Crippen molar-refractivity contribution in [3.05, 3.63) is 82.2 Å². The van der Waals surface area contributed by atoms with Crippen LogP contribution in [0.4, 0.5) is 11.6 Å². The minimum atomic E-state index is -0.211. The van der Waals surface area contributed by atoms with Gasteiger partial charge in [0.15, 0.2) is 0 Å². The van der Waals surface area contributed by atoms with Crippen LogP contribution in [0.25, 0.3) is 0 Å². The van der Waals surface area contributed by atoms with E-state index in [4.69, 9.17) is 0 Å². The molecule has 0 saturated carbocycles. The van der Waals surface area contributed by atoms with Crippen LogP contribution in [0.1, 0.15) is 45.4 Å². The highest BCUT2D eigenvalue weighted by Gasteiger charge is 2.13. The monoisotopic (exact) mass is 374 g/mol. The van der Waals surface area contributed by atoms with Gasteiger partial charge in [-0.05, 0) is 55.5 Å². The molecule has 3 rings (SSSR count). The third-order valence-corrected chi connectivity index (χ3v) is 4.76. The molecule has 144 valence electrons. The SMILES string of the molecule is CCc1cccc(C)c1Nc1nc(C)cc(C(=O)NCc2ccccc2C)n1. The Balaban J connectivity index is 1.80. The van der Waals surface area contributed by atoms with Gasteiger partial charge < -0.3 is 10.6 Å². The fourth-order valence-corrected chi connectivity index (χ4v) is 3.13. The molecule has 0 fully saturated rings. The van der Waals surface area contributed by atoms with Crippen LogP contribution in [0.2, 0.25) is 0 Å². The highest BCUT2D eigenvalue weighted by atomic mass is 16.1. The van der Waals surface area contributed by atoms with Gasteiger partial charge in [0.25, 0.3) is 5.91 Å². The Morgan fingerprint density at radius 3 is 2.39 bits per heavy atom. The van der Waals surface area contributed by atoms with Crippen LogP contribution in [-0.2, 0) is 13.0 Å². The number of anilines is 2. The number of amides is 1. The zero-order valence-electron chi connectivity index (χ0n) is 16.8. The van der Waals surface area contributed by atoms with Crippen LogP contribution in [-0.4, -0.2) is 15.9 Å². The molecule has 1 aromatic heterocycles. The second-order valence-electron chi connectivity index (χ2n) is 6.91. The average Bonchev–Trinajstić information content (AvgIpc) is 2.68. The number of carbonyl (C=O) groups is 1. The summed E-state index contributed by atoms with van der Waals surface area (Å²) in [5.41, 5.74) is 6.65. The van der Waals surface area contributed by atoms with Crippen LogP contribution in [0.5, 0.6) is 0 Å². The number of nitrogens with zero attached hydrogens (tertiary/aromatic N) is 2. The van der Waals surface area contributed by atoms with Crippen molar-refractivity contribution in [2.45, 2.75) is 40.7 Å². The number of carbonyl (C=O) groups excluding carboxylic acids is 1. The summed E-state index contributed by atoms with van der Waals surface area (Å²) in [5.74, 6) is 0.224. The minimum absolute atomic E-state index is 0.211. The average molecular weight is 374 g/mol. The summed E-state index contributed by atoms with van der Waals surface area (Å²) in [6.45, 7) is 8.53. The molecule has 0 aliphatic heterocycles. The first-order chi connectivity index (χ1) is 13.5. The largest absolute Gasteiger partial charge is 0.347 e. The lowest BCUT2D eigenvalue weighted by atomic mass is 10.1. The quantitative estimate of drug-likeness (QED) is 0.660. The van der Waals surface area contributed by atoms with Gasteiger partial charge in [0.2, 0.25) is 5.95 Å². The van der Waals surface area contributed by atoms with Gasteiger partial charge in [-0.15, -0.1) is 0 Å². The minimum Gasteiger partial charge on any atom is -0.347 e. The molecule has 0 bridgehead atoms. The summed E-state index contributed by atoms with van der Waals surface area (Å²) in [5, 5.41) is 6.26. The van der Waals surface area contributed by atoms with Gasteiger partial charge >= 0.3 is 0 Å². The smallest absolute Gasteiger partial charge is 0.270 e. The van der Waals surface area contributed by atoms with Gasteiger partial charge in [0, 0.05) is 17.9 Å². The van der Waals surface area contributed by atoms with Crippen molar-refractivity contribution >= 4 is 17.5 Å². The fraction of sp³-hybridized carbons (Fsp3) is 0.261. The summed E-state index contributed by atoms with van der Waals surface area (Å²) in [6.07, 6.45) is 0.902. The van der Waals surface area contributed by atoms with Gasteiger partial charge in [0.05, 0.1) is 0 Å². The number of para-hydroxylation sites is 1. The molecule has 0 saturated heterocycles. The molecule has 0 aliphatic carbocycles. The van der Waals surface area contributed by atoms with E-state index in [2.05, 4.69) is 33.6 Å². The van der Waals surface area contributed by atoms with Crippen molar-refractivity contribution in [3.63, 3.8) is 0 Å². The maximum absolute atomic E-state index is 12.6. The maximum Gasteiger partial charge on any atom is 0.270 e. The van der Waals surface area contributed by atoms with Crippen molar-refractivity contribution in [2.75, 3.05) is 5.32 Å². The van der Waals surface area contributed by atoms with Crippen LogP contribution in [0, 0.1) is 20.8 Å². The first kappa shape index (κ1) is 19.5. The predicted molar refractivity (Wildman–Crippen MR) is 113 cm³/mol. The molecule has 1 heterocycles. The van der Waals surface area contributed by atoms with E-state index >= 15 is 0 Å². The van der Waals surface area contributed by atoms with Gasteiger partial charge in [-0.25, -0.2) is 9.97 Å². The van der Waals surface area contributed by atoms with E-state index in [1.54, 1.807) is 6.07 Å². The first-order valence-electron chi connectivity index (χ1n) is 9.52. The Morgan fingerprint density at radius 1 is 0.929 bits per heavy atom. The Hall–Kier alpha value is -3.21. The third kappa shape index (κ3) is 4.55. The highest BCUT2D eigenvalue weighted by molar-refractivity contribution is 5.92. The second-order valence-corrected chi connectivity index (χ2v) is 6.91. The Kier molecular flexibility index (Phi) is 6.04. The first-order valence-corrected chi connectivity index (χ1v) is 9.52. The molecule has 0 aliphatic rings. The van der Waals surface area contributed by atoms with Crippen molar-refractivity contribution in [2.24, 2.45) is 0 Å². The summed E-state index contributed by atoms with van der Waals surface area (Å²) >= 11 is 0. The summed E-state index contributed by atoms with van der Waals surface area (Å²) < 4.78 is 0. The third-order valence-electron chi connectivity index (χ3n) is 4.76. The van der Waals surface area contributed by atoms with E-state index in [0.29, 0.717) is 18.2 Å². The fourth-order valence-electron chi connectivity index (χ4n) is 3.13. The molecule has 5 heteroatoms. The van der Waals surface area contributed by atoms with Crippen LogP contribution in [0.3, 0.4) is 0 Å². The summed E-state index contributed by atoms with van der Waals surface area (Å²) in [7, 11) is 0. The number of benzene rings is 2. The molecular weight excluding hydrogens is 348 g/mol. The number of hydrogen-bond donors (Lipinski definition) is 2. The molecular formula is C23H26N4O. The lowest BCUT2D eigenvalue weighted by Crippen LogP contribution is -2.24. The van der Waals surface area contributed by atoms with Gasteiger partial charge in [0.1, 0.15) is 5.69 Å². The van der Waals surface area contributed by atoms with E-state index in [-0.39, 0.29) is 5.91 Å². The molecule has 0 unspecified atom stereocenters. The van der Waals surface area contributed by atoms with Crippen molar-refractivity contribution in [1.82, 2.24) is 15.3 Å². The molecule has 2 N–H and O–H groups in total. The van der Waals surface area contributed by atoms with Gasteiger partial charge in [-0.2, -0.15) is 0 Å². The number of nitrogens with one attached hydrogen (secondary N) is 2. The van der Waals surface area contributed by atoms with E-state index in [1.807, 2.05) is 57.2 Å². The van der Waals surface area contributed by atoms with E-state index < -0.39 is 0 Å². The molecule has 5 nitrogen and oxygen atoms in total. The van der Waals surface area contributed by atoms with Crippen molar-refractivity contribution in [3.8, 4) is 0 Å². The van der Waals surface area contributed by atoms with Crippen LogP contribution < -0.4 is 10.6 Å². The number of rotatable bonds is 6. The normalized spacial score (nSPS) is 10.6. The maximum atomic E-state index is 12.6. The molecule has 3 aromatic rings. The molecule has 0 atom stereocenters. The highest BCUT2D eigenvalue weighted by Crippen LogP contribution is 2.24. The van der Waals surface area contributed by atoms with Gasteiger partial charge in [-0.1, -0.05) is 49.4 Å². The summed E-state index contributed by atoms with van der Waals surface area (Å²) in [6, 6.07) is 15.9. The summed E-state index contributed by atoms with van der Waals surface area (Å²) in [4.78, 5) is 21.6. The van der Waals surface area contributed by atoms with Gasteiger partial charge in [-0.3, -0.25) is 4.79 Å². The molecule has 0 radical (unpaired) electrons. The molecule has 28 heavy (non-hydrogen) atoms. The van der Waals surface area contributed by atoms with Crippen molar-refractivity contribution in [1.29, 1.82) is 0 Å². The second kappa shape index (κ2) is 8.65.